The van der Waals surface area contributed by atoms with Gasteiger partial charge in [0.05, 0.1) is 18.0 Å². The molecule has 1 aliphatic carbocycles. The number of methoxy groups -OCH3 is 1. The predicted molar refractivity (Wildman–Crippen MR) is 132 cm³/mol. The molecule has 3 atom stereocenters. The predicted octanol–water partition coefficient (Wildman–Crippen LogP) is 5.79. The van der Waals surface area contributed by atoms with E-state index in [4.69, 9.17) is 4.74 Å². The number of hydrogen-bond donors (Lipinski definition) is 3. The minimum Gasteiger partial charge on any atom is -0.508 e. The third-order valence-corrected chi connectivity index (χ3v) is 8.18. The molecule has 3 aromatic rings. The highest BCUT2D eigenvalue weighted by Gasteiger charge is 2.39. The smallest absolute Gasteiger partial charge is 0.261 e. The Kier molecular flexibility index (Phi) is 5.58. The number of hydrogen-bond acceptors (Lipinski definition) is 5. The highest BCUT2D eigenvalue weighted by atomic mass is 79.9. The van der Waals surface area contributed by atoms with Crippen LogP contribution in [0.2, 0.25) is 0 Å². The second kappa shape index (κ2) is 8.43. The lowest BCUT2D eigenvalue weighted by Crippen LogP contribution is -2.29. The van der Waals surface area contributed by atoms with Gasteiger partial charge in [-0.1, -0.05) is 28.1 Å². The Bertz CT molecular complexity index is 1340. The molecule has 0 fully saturated rings. The number of anilines is 2. The van der Waals surface area contributed by atoms with E-state index in [-0.39, 0.29) is 28.5 Å². The van der Waals surface area contributed by atoms with Crippen LogP contribution in [0.1, 0.15) is 29.5 Å². The first-order valence-corrected chi connectivity index (χ1v) is 12.9. The van der Waals surface area contributed by atoms with Gasteiger partial charge in [0.1, 0.15) is 11.5 Å². The van der Waals surface area contributed by atoms with Crippen molar-refractivity contribution in [3.63, 3.8) is 0 Å². The van der Waals surface area contributed by atoms with Crippen LogP contribution in [0.25, 0.3) is 0 Å². The summed E-state index contributed by atoms with van der Waals surface area (Å²) in [6, 6.07) is 17.3. The molecule has 0 amide bonds. The van der Waals surface area contributed by atoms with E-state index < -0.39 is 10.0 Å². The summed E-state index contributed by atoms with van der Waals surface area (Å²) >= 11 is 3.50. The maximum Gasteiger partial charge on any atom is 0.261 e. The molecule has 3 N–H and O–H groups in total. The second-order valence-electron chi connectivity index (χ2n) is 8.26. The Hall–Kier alpha value is -2.97. The molecular formula is C25H23BrN2O4S. The summed E-state index contributed by atoms with van der Waals surface area (Å²) in [6.45, 7) is 0. The maximum absolute atomic E-state index is 13.1. The Balaban J connectivity index is 1.48. The minimum atomic E-state index is -3.76. The van der Waals surface area contributed by atoms with E-state index in [2.05, 4.69) is 38.1 Å². The first kappa shape index (κ1) is 21.9. The van der Waals surface area contributed by atoms with Gasteiger partial charge in [-0.05, 0) is 78.6 Å². The highest BCUT2D eigenvalue weighted by Crippen LogP contribution is 2.51. The molecule has 0 saturated heterocycles. The summed E-state index contributed by atoms with van der Waals surface area (Å²) in [7, 11) is -2.20. The largest absolute Gasteiger partial charge is 0.508 e. The fourth-order valence-corrected chi connectivity index (χ4v) is 6.17. The van der Waals surface area contributed by atoms with Crippen molar-refractivity contribution >= 4 is 37.3 Å². The third-order valence-electron chi connectivity index (χ3n) is 6.31. The Morgan fingerprint density at radius 2 is 1.85 bits per heavy atom. The van der Waals surface area contributed by atoms with E-state index in [9.17, 15) is 13.5 Å². The van der Waals surface area contributed by atoms with Crippen LogP contribution in [0.4, 0.5) is 11.4 Å². The number of nitrogens with one attached hydrogen (secondary N) is 2. The summed E-state index contributed by atoms with van der Waals surface area (Å²) in [4.78, 5) is 0.210. The first-order valence-electron chi connectivity index (χ1n) is 10.6. The standard InChI is InChI=1S/C25H23BrN2O4S/c1-32-17-8-6-16(7-9-17)28-33(30,31)18-10-11-23-21(14-18)19-3-2-4-20(19)25(27-23)22-13-15(26)5-12-24(22)29/h2-3,5-14,19-20,25,27-29H,4H2,1H3. The van der Waals surface area contributed by atoms with Gasteiger partial charge in [0.25, 0.3) is 10.0 Å². The van der Waals surface area contributed by atoms with E-state index in [0.717, 1.165) is 27.7 Å². The fraction of sp³-hybridized carbons (Fsp3) is 0.200. The zero-order chi connectivity index (χ0) is 23.2. The number of halogens is 1. The number of aromatic hydroxyl groups is 1. The molecule has 3 unspecified atom stereocenters. The molecule has 3 aromatic carbocycles. The molecule has 170 valence electrons. The van der Waals surface area contributed by atoms with E-state index >= 15 is 0 Å². The van der Waals surface area contributed by atoms with Crippen LogP contribution < -0.4 is 14.8 Å². The average molecular weight is 527 g/mol. The van der Waals surface area contributed by atoms with Gasteiger partial charge in [0.15, 0.2) is 0 Å². The Morgan fingerprint density at radius 3 is 2.61 bits per heavy atom. The van der Waals surface area contributed by atoms with E-state index in [1.165, 1.54) is 0 Å². The number of ether oxygens (including phenoxy) is 1. The van der Waals surface area contributed by atoms with Gasteiger partial charge in [0, 0.05) is 27.3 Å². The SMILES string of the molecule is COc1ccc(NS(=O)(=O)c2ccc3c(c2)C2C=CCC2C(c2cc(Br)ccc2O)N3)cc1. The lowest BCUT2D eigenvalue weighted by atomic mass is 9.77. The van der Waals surface area contributed by atoms with Crippen LogP contribution in [0, 0.1) is 5.92 Å². The summed E-state index contributed by atoms with van der Waals surface area (Å²) in [5, 5.41) is 14.0. The van der Waals surface area contributed by atoms with Crippen molar-refractivity contribution in [2.45, 2.75) is 23.3 Å². The molecular weight excluding hydrogens is 504 g/mol. The molecule has 6 nitrogen and oxygen atoms in total. The molecule has 1 aliphatic heterocycles. The van der Waals surface area contributed by atoms with Crippen molar-refractivity contribution < 1.29 is 18.3 Å². The van der Waals surface area contributed by atoms with Gasteiger partial charge in [-0.3, -0.25) is 4.72 Å². The summed E-state index contributed by atoms with van der Waals surface area (Å²) in [5.41, 5.74) is 3.11. The number of benzene rings is 3. The van der Waals surface area contributed by atoms with Crippen LogP contribution in [-0.4, -0.2) is 20.6 Å². The van der Waals surface area contributed by atoms with Crippen LogP contribution in [0.3, 0.4) is 0 Å². The molecule has 0 bridgehead atoms. The molecule has 0 aromatic heterocycles. The lowest BCUT2D eigenvalue weighted by Gasteiger charge is -2.38. The molecule has 0 spiro atoms. The van der Waals surface area contributed by atoms with Gasteiger partial charge in [0.2, 0.25) is 0 Å². The topological polar surface area (TPSA) is 87.7 Å². The molecule has 5 rings (SSSR count). The van der Waals surface area contributed by atoms with Crippen molar-refractivity contribution in [3.05, 3.63) is 88.4 Å². The molecule has 0 saturated carbocycles. The van der Waals surface area contributed by atoms with Crippen LogP contribution in [-0.2, 0) is 10.0 Å². The van der Waals surface area contributed by atoms with Crippen LogP contribution >= 0.6 is 15.9 Å². The number of sulfonamides is 1. The van der Waals surface area contributed by atoms with E-state index in [1.807, 2.05) is 18.2 Å². The van der Waals surface area contributed by atoms with E-state index in [1.54, 1.807) is 49.6 Å². The Morgan fingerprint density at radius 1 is 1.06 bits per heavy atom. The van der Waals surface area contributed by atoms with Crippen molar-refractivity contribution in [2.24, 2.45) is 5.92 Å². The number of fused-ring (bicyclic) bond motifs is 3. The van der Waals surface area contributed by atoms with Crippen molar-refractivity contribution in [2.75, 3.05) is 17.1 Å². The number of phenolic OH excluding ortho intramolecular Hbond substituents is 1. The average Bonchev–Trinajstić information content (AvgIpc) is 3.30. The molecule has 2 aliphatic rings. The van der Waals surface area contributed by atoms with Gasteiger partial charge < -0.3 is 15.2 Å². The summed E-state index contributed by atoms with van der Waals surface area (Å²) < 4.78 is 34.8. The van der Waals surface area contributed by atoms with Crippen molar-refractivity contribution in [3.8, 4) is 11.5 Å². The zero-order valence-electron chi connectivity index (χ0n) is 17.8. The minimum absolute atomic E-state index is 0.0563. The lowest BCUT2D eigenvalue weighted by molar-refractivity contribution is 0.402. The molecule has 0 radical (unpaired) electrons. The highest BCUT2D eigenvalue weighted by molar-refractivity contribution is 9.10. The summed E-state index contributed by atoms with van der Waals surface area (Å²) in [5.74, 6) is 1.13. The van der Waals surface area contributed by atoms with Gasteiger partial charge in [-0.25, -0.2) is 8.42 Å². The van der Waals surface area contributed by atoms with Gasteiger partial charge in [-0.2, -0.15) is 0 Å². The second-order valence-corrected chi connectivity index (χ2v) is 10.9. The first-order chi connectivity index (χ1) is 15.9. The molecule has 33 heavy (non-hydrogen) atoms. The molecule has 1 heterocycles. The van der Waals surface area contributed by atoms with Crippen molar-refractivity contribution in [1.82, 2.24) is 0 Å². The van der Waals surface area contributed by atoms with E-state index in [0.29, 0.717) is 11.4 Å². The third kappa shape index (κ3) is 4.09. The maximum atomic E-state index is 13.1. The number of allylic oxidation sites excluding steroid dienone is 2. The van der Waals surface area contributed by atoms with Crippen molar-refractivity contribution in [1.29, 1.82) is 0 Å². The monoisotopic (exact) mass is 526 g/mol. The molecule has 8 heteroatoms. The fourth-order valence-electron chi connectivity index (χ4n) is 4.70. The quantitative estimate of drug-likeness (QED) is 0.366. The number of rotatable bonds is 5. The normalized spacial score (nSPS) is 21.1. The Labute approximate surface area is 201 Å². The van der Waals surface area contributed by atoms with Crippen LogP contribution in [0.5, 0.6) is 11.5 Å². The van der Waals surface area contributed by atoms with Crippen LogP contribution in [0.15, 0.2) is 82.2 Å². The summed E-state index contributed by atoms with van der Waals surface area (Å²) in [6.07, 6.45) is 5.11. The number of phenols is 1. The zero-order valence-corrected chi connectivity index (χ0v) is 20.2. The van der Waals surface area contributed by atoms with Gasteiger partial charge >= 0.3 is 0 Å². The van der Waals surface area contributed by atoms with Gasteiger partial charge in [-0.15, -0.1) is 0 Å².